The lowest BCUT2D eigenvalue weighted by Crippen LogP contribution is -2.29. The number of aromatic amines is 2. The molecule has 0 aliphatic carbocycles. The number of rotatable bonds is 3. The first-order valence-electron chi connectivity index (χ1n) is 7.94. The smallest absolute Gasteiger partial charge is 0.329 e. The van der Waals surface area contributed by atoms with Gasteiger partial charge in [-0.25, -0.2) is 9.78 Å². The predicted molar refractivity (Wildman–Crippen MR) is 100 cm³/mol. The number of carbonyl (C=O) groups is 1. The summed E-state index contributed by atoms with van der Waals surface area (Å²) in [7, 11) is 1.45. The average Bonchev–Trinajstić information content (AvgIpc) is 3.19. The number of halogens is 1. The highest BCUT2D eigenvalue weighted by Crippen LogP contribution is 2.36. The van der Waals surface area contributed by atoms with Crippen molar-refractivity contribution >= 4 is 45.3 Å². The normalized spacial score (nSPS) is 11.8. The van der Waals surface area contributed by atoms with Crippen LogP contribution >= 0.6 is 11.6 Å². The Labute approximate surface area is 159 Å². The Bertz CT molecular complexity index is 1390. The SMILES string of the molecule is Cn1c(=O)[nH]c(=O)c2c1ncn2CC(=O)N=Nc1c(O)[nH]c2ccc(Cl)cc12. The maximum Gasteiger partial charge on any atom is 0.329 e. The molecule has 3 heterocycles. The number of hydrogen-bond donors (Lipinski definition) is 3. The van der Waals surface area contributed by atoms with E-state index in [-0.39, 0.29) is 29.3 Å². The van der Waals surface area contributed by atoms with E-state index < -0.39 is 17.2 Å². The van der Waals surface area contributed by atoms with E-state index in [0.717, 1.165) is 4.57 Å². The van der Waals surface area contributed by atoms with Gasteiger partial charge < -0.3 is 14.7 Å². The lowest BCUT2D eigenvalue weighted by molar-refractivity contribution is -0.118. The fraction of sp³-hybridized carbons (Fsp3) is 0.125. The zero-order chi connectivity index (χ0) is 20.0. The summed E-state index contributed by atoms with van der Waals surface area (Å²) in [5.74, 6) is -0.948. The molecule has 0 saturated heterocycles. The van der Waals surface area contributed by atoms with Gasteiger partial charge in [0, 0.05) is 17.5 Å². The Morgan fingerprint density at radius 1 is 1.32 bits per heavy atom. The predicted octanol–water partition coefficient (Wildman–Crippen LogP) is 1.57. The number of hydrogen-bond acceptors (Lipinski definition) is 6. The number of amides is 1. The van der Waals surface area contributed by atoms with Crippen LogP contribution < -0.4 is 11.2 Å². The van der Waals surface area contributed by atoms with Gasteiger partial charge >= 0.3 is 5.69 Å². The van der Waals surface area contributed by atoms with Crippen LogP contribution in [-0.2, 0) is 18.4 Å². The maximum absolute atomic E-state index is 12.2. The van der Waals surface area contributed by atoms with Crippen molar-refractivity contribution in [2.45, 2.75) is 6.54 Å². The minimum Gasteiger partial charge on any atom is -0.493 e. The van der Waals surface area contributed by atoms with E-state index in [2.05, 4.69) is 25.2 Å². The van der Waals surface area contributed by atoms with Gasteiger partial charge in [-0.2, -0.15) is 0 Å². The third kappa shape index (κ3) is 2.87. The summed E-state index contributed by atoms with van der Waals surface area (Å²) < 4.78 is 2.42. The quantitative estimate of drug-likeness (QED) is 0.445. The number of nitrogens with one attached hydrogen (secondary N) is 2. The number of H-pyrrole nitrogens is 2. The molecule has 0 atom stereocenters. The summed E-state index contributed by atoms with van der Waals surface area (Å²) >= 11 is 5.95. The number of aromatic nitrogens is 5. The van der Waals surface area contributed by atoms with Crippen LogP contribution in [0.2, 0.25) is 5.02 Å². The van der Waals surface area contributed by atoms with E-state index >= 15 is 0 Å². The van der Waals surface area contributed by atoms with Crippen LogP contribution in [0.3, 0.4) is 0 Å². The van der Waals surface area contributed by atoms with Crippen LogP contribution in [0.4, 0.5) is 5.69 Å². The second-order valence-electron chi connectivity index (χ2n) is 5.97. The second-order valence-corrected chi connectivity index (χ2v) is 6.41. The molecule has 28 heavy (non-hydrogen) atoms. The lowest BCUT2D eigenvalue weighted by atomic mass is 10.2. The van der Waals surface area contributed by atoms with Gasteiger partial charge in [0.1, 0.15) is 6.54 Å². The zero-order valence-electron chi connectivity index (χ0n) is 14.3. The van der Waals surface area contributed by atoms with E-state index in [1.807, 2.05) is 0 Å². The Morgan fingerprint density at radius 3 is 2.89 bits per heavy atom. The number of aryl methyl sites for hydroxylation is 1. The molecule has 0 saturated carbocycles. The number of fused-ring (bicyclic) bond motifs is 2. The molecular formula is C16H12ClN7O4. The minimum absolute atomic E-state index is 0.0624. The molecule has 0 aliphatic rings. The standard InChI is InChI=1S/C16H12ClN7O4/c1-23-13-12(15(27)20-16(23)28)24(6-18-13)5-10(25)21-22-11-8-4-7(17)2-3-9(8)19-14(11)26/h2-4,6,19,26H,5H2,1H3,(H,20,27,28). The van der Waals surface area contributed by atoms with Gasteiger partial charge in [-0.3, -0.25) is 19.1 Å². The number of imidazole rings is 1. The monoisotopic (exact) mass is 401 g/mol. The lowest BCUT2D eigenvalue weighted by Gasteiger charge is -2.01. The summed E-state index contributed by atoms with van der Waals surface area (Å²) in [6.45, 7) is -0.328. The van der Waals surface area contributed by atoms with Crippen LogP contribution in [0.5, 0.6) is 5.88 Å². The molecule has 142 valence electrons. The molecule has 11 nitrogen and oxygen atoms in total. The number of carbonyl (C=O) groups excluding carboxylic acids is 1. The summed E-state index contributed by atoms with van der Waals surface area (Å²) in [5, 5.41) is 18.3. The molecule has 4 rings (SSSR count). The summed E-state index contributed by atoms with van der Waals surface area (Å²) in [6, 6.07) is 4.88. The second kappa shape index (κ2) is 6.46. The first-order chi connectivity index (χ1) is 13.3. The van der Waals surface area contributed by atoms with Crippen molar-refractivity contribution in [2.24, 2.45) is 17.3 Å². The van der Waals surface area contributed by atoms with Crippen molar-refractivity contribution in [3.05, 3.63) is 50.4 Å². The maximum atomic E-state index is 12.2. The largest absolute Gasteiger partial charge is 0.493 e. The summed E-state index contributed by atoms with van der Waals surface area (Å²) in [6.07, 6.45) is 1.26. The van der Waals surface area contributed by atoms with E-state index in [4.69, 9.17) is 11.6 Å². The van der Waals surface area contributed by atoms with Crippen molar-refractivity contribution in [3.63, 3.8) is 0 Å². The van der Waals surface area contributed by atoms with Crippen molar-refractivity contribution < 1.29 is 9.90 Å². The van der Waals surface area contributed by atoms with Crippen LogP contribution in [0.15, 0.2) is 44.3 Å². The first kappa shape index (κ1) is 17.7. The molecule has 12 heteroatoms. The van der Waals surface area contributed by atoms with Gasteiger partial charge in [-0.05, 0) is 18.2 Å². The van der Waals surface area contributed by atoms with Crippen LogP contribution in [-0.4, -0.2) is 35.1 Å². The summed E-state index contributed by atoms with van der Waals surface area (Å²) in [5.41, 5.74) is -0.417. The fourth-order valence-corrected chi connectivity index (χ4v) is 3.00. The Hall–Kier alpha value is -3.73. The number of aromatic hydroxyl groups is 1. The van der Waals surface area contributed by atoms with E-state index in [1.165, 1.54) is 17.9 Å². The van der Waals surface area contributed by atoms with Crippen molar-refractivity contribution in [1.82, 2.24) is 24.1 Å². The van der Waals surface area contributed by atoms with Gasteiger partial charge in [-0.15, -0.1) is 10.2 Å². The van der Waals surface area contributed by atoms with Gasteiger partial charge in [0.15, 0.2) is 16.9 Å². The van der Waals surface area contributed by atoms with Gasteiger partial charge in [0.05, 0.1) is 11.8 Å². The molecule has 0 radical (unpaired) electrons. The molecule has 3 aromatic heterocycles. The van der Waals surface area contributed by atoms with E-state index in [0.29, 0.717) is 15.9 Å². The molecule has 0 fully saturated rings. The zero-order valence-corrected chi connectivity index (χ0v) is 15.1. The van der Waals surface area contributed by atoms with Crippen LogP contribution in [0, 0.1) is 0 Å². The molecule has 0 unspecified atom stereocenters. The molecule has 0 aliphatic heterocycles. The van der Waals surface area contributed by atoms with Gasteiger partial charge in [0.2, 0.25) is 5.88 Å². The molecule has 3 N–H and O–H groups in total. The number of benzene rings is 1. The van der Waals surface area contributed by atoms with E-state index in [1.54, 1.807) is 18.2 Å². The minimum atomic E-state index is -0.691. The fourth-order valence-electron chi connectivity index (χ4n) is 2.83. The van der Waals surface area contributed by atoms with Crippen molar-refractivity contribution in [3.8, 4) is 5.88 Å². The van der Waals surface area contributed by atoms with Crippen molar-refractivity contribution in [1.29, 1.82) is 0 Å². The average molecular weight is 402 g/mol. The van der Waals surface area contributed by atoms with Crippen LogP contribution in [0.25, 0.3) is 22.1 Å². The van der Waals surface area contributed by atoms with E-state index in [9.17, 15) is 19.5 Å². The molecule has 1 amide bonds. The highest BCUT2D eigenvalue weighted by Gasteiger charge is 2.15. The third-order valence-corrected chi connectivity index (χ3v) is 4.39. The molecule has 0 spiro atoms. The molecule has 4 aromatic rings. The van der Waals surface area contributed by atoms with Gasteiger partial charge in [-0.1, -0.05) is 11.6 Å². The number of nitrogens with zero attached hydrogens (tertiary/aromatic N) is 5. The van der Waals surface area contributed by atoms with Crippen molar-refractivity contribution in [2.75, 3.05) is 0 Å². The molecule has 0 bridgehead atoms. The number of azo groups is 1. The third-order valence-electron chi connectivity index (χ3n) is 4.16. The Balaban J connectivity index is 1.66. The molecular weight excluding hydrogens is 390 g/mol. The molecule has 1 aromatic carbocycles. The highest BCUT2D eigenvalue weighted by atomic mass is 35.5. The highest BCUT2D eigenvalue weighted by molar-refractivity contribution is 6.31. The first-order valence-corrected chi connectivity index (χ1v) is 8.32. The van der Waals surface area contributed by atoms with Crippen LogP contribution in [0.1, 0.15) is 0 Å². The topological polar surface area (TPSA) is 150 Å². The Kier molecular flexibility index (Phi) is 4.08. The summed E-state index contributed by atoms with van der Waals surface area (Å²) in [4.78, 5) is 44.7. The van der Waals surface area contributed by atoms with Gasteiger partial charge in [0.25, 0.3) is 11.5 Å². The Morgan fingerprint density at radius 2 is 2.11 bits per heavy atom.